The summed E-state index contributed by atoms with van der Waals surface area (Å²) in [5.74, 6) is 0.199. The zero-order valence-corrected chi connectivity index (χ0v) is 11.4. The Morgan fingerprint density at radius 3 is 2.30 bits per heavy atom. The lowest BCUT2D eigenvalue weighted by Gasteiger charge is -2.06. The molecular weight excluding hydrogens is 270 g/mol. The standard InChI is InChI=1S/C17H12ClNO/c18-16-10-12(11-19-13-6-2-1-3-7-13)17(20)15-9-5-4-8-14(15)16/h1-11,20H. The molecule has 0 saturated heterocycles. The van der Waals surface area contributed by atoms with E-state index in [1.807, 2.05) is 54.6 Å². The monoisotopic (exact) mass is 281 g/mol. The second-order valence-corrected chi connectivity index (χ2v) is 4.84. The van der Waals surface area contributed by atoms with Crippen LogP contribution in [0.25, 0.3) is 10.8 Å². The van der Waals surface area contributed by atoms with Crippen LogP contribution < -0.4 is 0 Å². The zero-order valence-electron chi connectivity index (χ0n) is 10.6. The van der Waals surface area contributed by atoms with E-state index in [4.69, 9.17) is 11.6 Å². The summed E-state index contributed by atoms with van der Waals surface area (Å²) in [5, 5.41) is 12.5. The number of nitrogens with zero attached hydrogens (tertiary/aromatic N) is 1. The number of fused-ring (bicyclic) bond motifs is 1. The summed E-state index contributed by atoms with van der Waals surface area (Å²) < 4.78 is 0. The molecule has 0 aliphatic rings. The van der Waals surface area contributed by atoms with Gasteiger partial charge in [-0.05, 0) is 18.2 Å². The first-order valence-electron chi connectivity index (χ1n) is 6.25. The Bertz CT molecular complexity index is 782. The average molecular weight is 282 g/mol. The molecule has 0 aliphatic carbocycles. The van der Waals surface area contributed by atoms with Gasteiger partial charge in [-0.2, -0.15) is 0 Å². The minimum Gasteiger partial charge on any atom is -0.507 e. The Kier molecular flexibility index (Phi) is 3.40. The van der Waals surface area contributed by atoms with E-state index in [0.29, 0.717) is 10.6 Å². The van der Waals surface area contributed by atoms with Gasteiger partial charge in [-0.1, -0.05) is 54.1 Å². The Hall–Kier alpha value is -2.32. The van der Waals surface area contributed by atoms with Crippen molar-refractivity contribution >= 4 is 34.3 Å². The van der Waals surface area contributed by atoms with Crippen LogP contribution in [0.3, 0.4) is 0 Å². The van der Waals surface area contributed by atoms with Crippen LogP contribution >= 0.6 is 11.6 Å². The molecule has 3 aromatic rings. The van der Waals surface area contributed by atoms with E-state index in [-0.39, 0.29) is 5.75 Å². The molecule has 98 valence electrons. The van der Waals surface area contributed by atoms with Crippen LogP contribution in [0.4, 0.5) is 5.69 Å². The first kappa shape index (κ1) is 12.7. The molecule has 3 heteroatoms. The maximum Gasteiger partial charge on any atom is 0.132 e. The van der Waals surface area contributed by atoms with Gasteiger partial charge in [-0.15, -0.1) is 0 Å². The topological polar surface area (TPSA) is 32.6 Å². The van der Waals surface area contributed by atoms with Crippen molar-refractivity contribution < 1.29 is 5.11 Å². The fraction of sp³-hybridized carbons (Fsp3) is 0. The molecule has 1 N–H and O–H groups in total. The molecular formula is C17H12ClNO. The molecule has 20 heavy (non-hydrogen) atoms. The lowest BCUT2D eigenvalue weighted by atomic mass is 10.1. The summed E-state index contributed by atoms with van der Waals surface area (Å²) in [4.78, 5) is 4.34. The highest BCUT2D eigenvalue weighted by Crippen LogP contribution is 2.33. The smallest absolute Gasteiger partial charge is 0.132 e. The highest BCUT2D eigenvalue weighted by atomic mass is 35.5. The van der Waals surface area contributed by atoms with E-state index < -0.39 is 0 Å². The maximum absolute atomic E-state index is 10.3. The van der Waals surface area contributed by atoms with Gasteiger partial charge < -0.3 is 5.11 Å². The summed E-state index contributed by atoms with van der Waals surface area (Å²) in [7, 11) is 0. The summed E-state index contributed by atoms with van der Waals surface area (Å²) in [6.07, 6.45) is 1.63. The Morgan fingerprint density at radius 2 is 1.55 bits per heavy atom. The summed E-state index contributed by atoms with van der Waals surface area (Å²) in [6.45, 7) is 0. The quantitative estimate of drug-likeness (QED) is 0.662. The number of aromatic hydroxyl groups is 1. The SMILES string of the molecule is Oc1c(C=Nc2ccccc2)cc(Cl)c2ccccc12. The van der Waals surface area contributed by atoms with Crippen LogP contribution in [0.1, 0.15) is 5.56 Å². The number of para-hydroxylation sites is 1. The number of phenolic OH excluding ortho intramolecular Hbond substituents is 1. The Labute approximate surface area is 122 Å². The largest absolute Gasteiger partial charge is 0.507 e. The van der Waals surface area contributed by atoms with Crippen molar-refractivity contribution in [1.29, 1.82) is 0 Å². The first-order valence-corrected chi connectivity index (χ1v) is 6.63. The predicted molar refractivity (Wildman–Crippen MR) is 84.3 cm³/mol. The molecule has 0 spiro atoms. The highest BCUT2D eigenvalue weighted by Gasteiger charge is 2.08. The number of hydrogen-bond donors (Lipinski definition) is 1. The molecule has 0 bridgehead atoms. The van der Waals surface area contributed by atoms with Gasteiger partial charge in [0.1, 0.15) is 5.75 Å². The summed E-state index contributed by atoms with van der Waals surface area (Å²) in [5.41, 5.74) is 1.44. The van der Waals surface area contributed by atoms with E-state index in [1.54, 1.807) is 12.3 Å². The van der Waals surface area contributed by atoms with Crippen molar-refractivity contribution in [3.05, 3.63) is 71.2 Å². The summed E-state index contributed by atoms with van der Waals surface area (Å²) >= 11 is 6.24. The molecule has 0 heterocycles. The number of rotatable bonds is 2. The van der Waals surface area contributed by atoms with Crippen LogP contribution in [-0.4, -0.2) is 11.3 Å². The molecule has 0 unspecified atom stereocenters. The van der Waals surface area contributed by atoms with Crippen molar-refractivity contribution in [1.82, 2.24) is 0 Å². The number of aliphatic imine (C=N–C) groups is 1. The summed E-state index contributed by atoms with van der Waals surface area (Å²) in [6, 6.07) is 18.8. The lowest BCUT2D eigenvalue weighted by Crippen LogP contribution is -1.85. The second kappa shape index (κ2) is 5.35. The van der Waals surface area contributed by atoms with Gasteiger partial charge in [-0.3, -0.25) is 4.99 Å². The van der Waals surface area contributed by atoms with Gasteiger partial charge in [0.15, 0.2) is 0 Å². The maximum atomic E-state index is 10.3. The van der Waals surface area contributed by atoms with Crippen molar-refractivity contribution in [2.45, 2.75) is 0 Å². The Balaban J connectivity index is 2.09. The fourth-order valence-electron chi connectivity index (χ4n) is 2.09. The van der Waals surface area contributed by atoms with E-state index >= 15 is 0 Å². The first-order chi connectivity index (χ1) is 9.75. The van der Waals surface area contributed by atoms with Gasteiger partial charge in [0.05, 0.1) is 5.69 Å². The van der Waals surface area contributed by atoms with Gasteiger partial charge >= 0.3 is 0 Å². The van der Waals surface area contributed by atoms with E-state index in [0.717, 1.165) is 16.5 Å². The molecule has 0 saturated carbocycles. The third-order valence-corrected chi connectivity index (χ3v) is 3.42. The third-order valence-electron chi connectivity index (χ3n) is 3.10. The molecule has 0 radical (unpaired) electrons. The van der Waals surface area contributed by atoms with Crippen molar-refractivity contribution in [2.24, 2.45) is 4.99 Å². The number of hydrogen-bond acceptors (Lipinski definition) is 2. The lowest BCUT2D eigenvalue weighted by molar-refractivity contribution is 0.481. The molecule has 0 fully saturated rings. The van der Waals surface area contributed by atoms with Crippen LogP contribution in [0.5, 0.6) is 5.75 Å². The molecule has 3 rings (SSSR count). The molecule has 0 aromatic heterocycles. The zero-order chi connectivity index (χ0) is 13.9. The second-order valence-electron chi connectivity index (χ2n) is 4.44. The molecule has 0 aliphatic heterocycles. The predicted octanol–water partition coefficient (Wildman–Crippen LogP) is 4.95. The molecule has 0 atom stereocenters. The van der Waals surface area contributed by atoms with Crippen molar-refractivity contribution in [3.8, 4) is 5.75 Å². The van der Waals surface area contributed by atoms with Crippen molar-refractivity contribution in [2.75, 3.05) is 0 Å². The van der Waals surface area contributed by atoms with E-state index in [9.17, 15) is 5.11 Å². The minimum absolute atomic E-state index is 0.199. The van der Waals surface area contributed by atoms with Gasteiger partial charge in [-0.25, -0.2) is 0 Å². The van der Waals surface area contributed by atoms with Crippen LogP contribution in [0.15, 0.2) is 65.7 Å². The number of halogens is 1. The average Bonchev–Trinajstić information content (AvgIpc) is 2.50. The normalized spacial score (nSPS) is 11.2. The Morgan fingerprint density at radius 1 is 0.900 bits per heavy atom. The van der Waals surface area contributed by atoms with E-state index in [2.05, 4.69) is 4.99 Å². The van der Waals surface area contributed by atoms with Gasteiger partial charge in [0, 0.05) is 27.6 Å². The van der Waals surface area contributed by atoms with Crippen molar-refractivity contribution in [3.63, 3.8) is 0 Å². The van der Waals surface area contributed by atoms with Gasteiger partial charge in [0.2, 0.25) is 0 Å². The van der Waals surface area contributed by atoms with Crippen LogP contribution in [-0.2, 0) is 0 Å². The molecule has 2 nitrogen and oxygen atoms in total. The number of phenols is 1. The van der Waals surface area contributed by atoms with Gasteiger partial charge in [0.25, 0.3) is 0 Å². The fourth-order valence-corrected chi connectivity index (χ4v) is 2.37. The van der Waals surface area contributed by atoms with Crippen LogP contribution in [0.2, 0.25) is 5.02 Å². The molecule has 3 aromatic carbocycles. The highest BCUT2D eigenvalue weighted by molar-refractivity contribution is 6.36. The number of benzene rings is 3. The minimum atomic E-state index is 0.199. The van der Waals surface area contributed by atoms with E-state index in [1.165, 1.54) is 0 Å². The van der Waals surface area contributed by atoms with Crippen LogP contribution in [0, 0.1) is 0 Å². The third kappa shape index (κ3) is 2.38. The molecule has 0 amide bonds.